The van der Waals surface area contributed by atoms with Crippen LogP contribution in [-0.2, 0) is 6.42 Å². The average molecular weight is 199 g/mol. The summed E-state index contributed by atoms with van der Waals surface area (Å²) in [6.45, 7) is 8.58. The number of rotatable bonds is 1. The van der Waals surface area contributed by atoms with E-state index in [1.165, 1.54) is 33.5 Å². The Kier molecular flexibility index (Phi) is 2.47. The minimum atomic E-state index is 1.01. The van der Waals surface area contributed by atoms with E-state index < -0.39 is 0 Å². The van der Waals surface area contributed by atoms with Crippen molar-refractivity contribution in [2.75, 3.05) is 0 Å². The SMILES string of the molecule is CC(C)=CC1=C(C)Cc2ncc(C)cc21. The normalized spacial score (nSPS) is 14.1. The van der Waals surface area contributed by atoms with E-state index in [4.69, 9.17) is 0 Å². The van der Waals surface area contributed by atoms with Crippen LogP contribution in [0.3, 0.4) is 0 Å². The van der Waals surface area contributed by atoms with Crippen LogP contribution >= 0.6 is 0 Å². The minimum absolute atomic E-state index is 1.01. The van der Waals surface area contributed by atoms with Crippen molar-refractivity contribution in [2.45, 2.75) is 34.1 Å². The highest BCUT2D eigenvalue weighted by Gasteiger charge is 2.18. The van der Waals surface area contributed by atoms with E-state index in [1.54, 1.807) is 0 Å². The summed E-state index contributed by atoms with van der Waals surface area (Å²) in [5, 5.41) is 0. The first-order valence-corrected chi connectivity index (χ1v) is 5.38. The molecule has 0 atom stereocenters. The molecule has 0 bridgehead atoms. The Morgan fingerprint density at radius 3 is 2.73 bits per heavy atom. The van der Waals surface area contributed by atoms with Crippen molar-refractivity contribution in [3.8, 4) is 0 Å². The zero-order chi connectivity index (χ0) is 11.0. The molecule has 0 saturated carbocycles. The summed E-state index contributed by atoms with van der Waals surface area (Å²) in [5.41, 5.74) is 7.95. The molecule has 78 valence electrons. The Morgan fingerprint density at radius 2 is 2.07 bits per heavy atom. The van der Waals surface area contributed by atoms with Gasteiger partial charge in [-0.2, -0.15) is 0 Å². The molecule has 0 aliphatic heterocycles. The van der Waals surface area contributed by atoms with E-state index in [2.05, 4.69) is 44.8 Å². The second-order valence-electron chi connectivity index (χ2n) is 4.60. The molecule has 1 aliphatic rings. The number of pyridine rings is 1. The van der Waals surface area contributed by atoms with Crippen molar-refractivity contribution in [3.63, 3.8) is 0 Å². The molecule has 0 amide bonds. The van der Waals surface area contributed by atoms with Crippen LogP contribution in [-0.4, -0.2) is 4.98 Å². The van der Waals surface area contributed by atoms with E-state index in [1.807, 2.05) is 6.20 Å². The zero-order valence-electron chi connectivity index (χ0n) is 9.89. The molecule has 0 fully saturated rings. The highest BCUT2D eigenvalue weighted by molar-refractivity contribution is 5.82. The number of fused-ring (bicyclic) bond motifs is 1. The van der Waals surface area contributed by atoms with Gasteiger partial charge in [-0.3, -0.25) is 4.98 Å². The number of hydrogen-bond donors (Lipinski definition) is 0. The van der Waals surface area contributed by atoms with Crippen molar-refractivity contribution in [1.29, 1.82) is 0 Å². The van der Waals surface area contributed by atoms with Crippen LogP contribution in [0.2, 0.25) is 0 Å². The van der Waals surface area contributed by atoms with Gasteiger partial charge < -0.3 is 0 Å². The highest BCUT2D eigenvalue weighted by Crippen LogP contribution is 2.33. The maximum atomic E-state index is 4.50. The first-order valence-electron chi connectivity index (χ1n) is 5.38. The Bertz CT molecular complexity index is 460. The molecule has 1 heteroatoms. The van der Waals surface area contributed by atoms with Gasteiger partial charge in [-0.05, 0) is 44.9 Å². The van der Waals surface area contributed by atoms with Gasteiger partial charge in [0.05, 0.1) is 5.69 Å². The van der Waals surface area contributed by atoms with E-state index in [9.17, 15) is 0 Å². The summed E-state index contributed by atoms with van der Waals surface area (Å²) < 4.78 is 0. The number of allylic oxidation sites excluding steroid dienone is 4. The molecule has 0 N–H and O–H groups in total. The van der Waals surface area contributed by atoms with E-state index in [0.29, 0.717) is 0 Å². The number of aryl methyl sites for hydroxylation is 1. The minimum Gasteiger partial charge on any atom is -0.260 e. The molecule has 0 radical (unpaired) electrons. The van der Waals surface area contributed by atoms with Crippen LogP contribution < -0.4 is 0 Å². The summed E-state index contributed by atoms with van der Waals surface area (Å²) in [4.78, 5) is 4.50. The first-order chi connectivity index (χ1) is 7.08. The quantitative estimate of drug-likeness (QED) is 0.672. The topological polar surface area (TPSA) is 12.9 Å². The summed E-state index contributed by atoms with van der Waals surface area (Å²) in [7, 11) is 0. The lowest BCUT2D eigenvalue weighted by molar-refractivity contribution is 1.07. The lowest BCUT2D eigenvalue weighted by atomic mass is 10.0. The Morgan fingerprint density at radius 1 is 1.33 bits per heavy atom. The summed E-state index contributed by atoms with van der Waals surface area (Å²) in [6.07, 6.45) is 5.23. The lowest BCUT2D eigenvalue weighted by Crippen LogP contribution is -1.90. The van der Waals surface area contributed by atoms with Crippen LogP contribution in [0.1, 0.15) is 37.6 Å². The van der Waals surface area contributed by atoms with E-state index in [-0.39, 0.29) is 0 Å². The van der Waals surface area contributed by atoms with Crippen LogP contribution in [0.4, 0.5) is 0 Å². The van der Waals surface area contributed by atoms with Gasteiger partial charge in [0.1, 0.15) is 0 Å². The molecular formula is C14H17N. The van der Waals surface area contributed by atoms with E-state index in [0.717, 1.165) is 6.42 Å². The maximum absolute atomic E-state index is 4.50. The number of nitrogens with zero attached hydrogens (tertiary/aromatic N) is 1. The molecule has 1 nitrogen and oxygen atoms in total. The van der Waals surface area contributed by atoms with Crippen LogP contribution in [0.15, 0.2) is 29.5 Å². The van der Waals surface area contributed by atoms with Crippen molar-refractivity contribution in [3.05, 3.63) is 46.3 Å². The van der Waals surface area contributed by atoms with Crippen LogP contribution in [0.5, 0.6) is 0 Å². The standard InChI is InChI=1S/C14H17N/c1-9(2)5-12-11(4)7-14-13(12)6-10(3)8-15-14/h5-6,8H,7H2,1-4H3. The third-order valence-corrected chi connectivity index (χ3v) is 2.72. The molecule has 1 aliphatic carbocycles. The van der Waals surface area contributed by atoms with Gasteiger partial charge in [0.25, 0.3) is 0 Å². The molecule has 1 aromatic rings. The Labute approximate surface area is 91.6 Å². The number of hydrogen-bond acceptors (Lipinski definition) is 1. The molecular weight excluding hydrogens is 182 g/mol. The summed E-state index contributed by atoms with van der Waals surface area (Å²) >= 11 is 0. The summed E-state index contributed by atoms with van der Waals surface area (Å²) in [6, 6.07) is 2.24. The first kappa shape index (κ1) is 10.2. The molecule has 2 rings (SSSR count). The Balaban J connectivity index is 2.54. The average Bonchev–Trinajstić information content (AvgIpc) is 2.43. The molecule has 0 unspecified atom stereocenters. The second-order valence-corrected chi connectivity index (χ2v) is 4.60. The molecule has 15 heavy (non-hydrogen) atoms. The molecule has 1 heterocycles. The van der Waals surface area contributed by atoms with Gasteiger partial charge >= 0.3 is 0 Å². The van der Waals surface area contributed by atoms with E-state index >= 15 is 0 Å². The molecule has 0 saturated heterocycles. The van der Waals surface area contributed by atoms with Crippen molar-refractivity contribution < 1.29 is 0 Å². The fraction of sp³-hybridized carbons (Fsp3) is 0.357. The highest BCUT2D eigenvalue weighted by atomic mass is 14.7. The van der Waals surface area contributed by atoms with Gasteiger partial charge in [-0.25, -0.2) is 0 Å². The van der Waals surface area contributed by atoms with Gasteiger partial charge in [0.15, 0.2) is 0 Å². The molecule has 0 spiro atoms. The third-order valence-electron chi connectivity index (χ3n) is 2.72. The van der Waals surface area contributed by atoms with Gasteiger partial charge in [-0.15, -0.1) is 0 Å². The fourth-order valence-corrected chi connectivity index (χ4v) is 2.04. The van der Waals surface area contributed by atoms with Crippen LogP contribution in [0, 0.1) is 6.92 Å². The van der Waals surface area contributed by atoms with Crippen molar-refractivity contribution in [1.82, 2.24) is 4.98 Å². The van der Waals surface area contributed by atoms with Crippen molar-refractivity contribution in [2.24, 2.45) is 0 Å². The maximum Gasteiger partial charge on any atom is 0.0522 e. The predicted molar refractivity (Wildman–Crippen MR) is 64.7 cm³/mol. The fourth-order valence-electron chi connectivity index (χ4n) is 2.04. The largest absolute Gasteiger partial charge is 0.260 e. The Hall–Kier alpha value is -1.37. The zero-order valence-corrected chi connectivity index (χ0v) is 9.89. The van der Waals surface area contributed by atoms with Crippen molar-refractivity contribution >= 4 is 5.57 Å². The predicted octanol–water partition coefficient (Wildman–Crippen LogP) is 3.69. The molecule has 1 aromatic heterocycles. The third kappa shape index (κ3) is 1.87. The second kappa shape index (κ2) is 3.65. The lowest BCUT2D eigenvalue weighted by Gasteiger charge is -2.03. The van der Waals surface area contributed by atoms with Gasteiger partial charge in [-0.1, -0.05) is 17.2 Å². The molecule has 0 aromatic carbocycles. The number of aromatic nitrogens is 1. The van der Waals surface area contributed by atoms with Gasteiger partial charge in [0.2, 0.25) is 0 Å². The summed E-state index contributed by atoms with van der Waals surface area (Å²) in [5.74, 6) is 0. The monoisotopic (exact) mass is 199 g/mol. The van der Waals surface area contributed by atoms with Gasteiger partial charge in [0, 0.05) is 18.2 Å². The van der Waals surface area contributed by atoms with Crippen LogP contribution in [0.25, 0.3) is 5.57 Å². The smallest absolute Gasteiger partial charge is 0.0522 e.